The molecule has 54 valence electrons. The molecule has 0 N–H and O–H groups in total. The van der Waals surface area contributed by atoms with Crippen LogP contribution in [0.25, 0.3) is 0 Å². The zero-order chi connectivity index (χ0) is 7.49. The van der Waals surface area contributed by atoms with Crippen LogP contribution < -0.4 is 5.11 Å². The second-order valence-electron chi connectivity index (χ2n) is 2.57. The molecule has 0 amide bonds. The topological polar surface area (TPSA) is 35.4 Å². The molecule has 0 rings (SSSR count). The van der Waals surface area contributed by atoms with Gasteiger partial charge >= 0.3 is 0 Å². The van der Waals surface area contributed by atoms with Crippen LogP contribution in [0.4, 0.5) is 0 Å². The summed E-state index contributed by atoms with van der Waals surface area (Å²) in [5, 5.41) is 14.2. The summed E-state index contributed by atoms with van der Waals surface area (Å²) >= 11 is 5.20. The summed E-state index contributed by atoms with van der Waals surface area (Å²) in [5.41, 5.74) is 0. The van der Waals surface area contributed by atoms with Crippen LogP contribution in [-0.2, 0) is 0 Å². The van der Waals surface area contributed by atoms with Gasteiger partial charge in [0.15, 0.2) is 0 Å². The van der Waals surface area contributed by atoms with E-state index in [2.05, 4.69) is 5.10 Å². The lowest BCUT2D eigenvalue weighted by atomic mass is 10.8. The van der Waals surface area contributed by atoms with Crippen LogP contribution in [0.15, 0.2) is 5.10 Å². The Kier molecular flexibility index (Phi) is 2.94. The first-order valence-corrected chi connectivity index (χ1v) is 3.12. The van der Waals surface area contributed by atoms with Crippen LogP contribution in [0.3, 0.4) is 0 Å². The van der Waals surface area contributed by atoms with E-state index in [1.54, 1.807) is 21.1 Å². The minimum absolute atomic E-state index is 0.0322. The summed E-state index contributed by atoms with van der Waals surface area (Å²) in [5.74, 6) is -0.306. The van der Waals surface area contributed by atoms with Gasteiger partial charge in [-0.15, -0.1) is 16.7 Å². The van der Waals surface area contributed by atoms with E-state index in [0.29, 0.717) is 0 Å². The molecule has 0 radical (unpaired) electrons. The van der Waals surface area contributed by atoms with Gasteiger partial charge in [-0.1, -0.05) is 0 Å². The van der Waals surface area contributed by atoms with E-state index in [0.717, 1.165) is 0 Å². The molecule has 9 heavy (non-hydrogen) atoms. The van der Waals surface area contributed by atoms with Crippen LogP contribution >= 0.6 is 11.6 Å². The fourth-order valence-electron chi connectivity index (χ4n) is 0.361. The Labute approximate surface area is 60.1 Å². The molecule has 0 unspecified atom stereocenters. The highest BCUT2D eigenvalue weighted by molar-refractivity contribution is 6.26. The monoisotopic (exact) mass is 150 g/mol. The van der Waals surface area contributed by atoms with Crippen molar-refractivity contribution in [2.75, 3.05) is 27.0 Å². The van der Waals surface area contributed by atoms with Gasteiger partial charge in [0.25, 0.3) is 0 Å². The third-order valence-electron chi connectivity index (χ3n) is 0.526. The lowest BCUT2D eigenvalue weighted by Gasteiger charge is -2.18. The maximum atomic E-state index is 10.5. The molecule has 0 aliphatic heterocycles. The second-order valence-corrected chi connectivity index (χ2v) is 2.84. The van der Waals surface area contributed by atoms with Crippen LogP contribution in [-0.4, -0.2) is 37.5 Å². The fraction of sp³-hybridized carbons (Fsp3) is 0.800. The minimum atomic E-state index is -0.274. The molecule has 0 saturated carbocycles. The van der Waals surface area contributed by atoms with Gasteiger partial charge in [-0.05, 0) is 0 Å². The standard InChI is InChI=1S/C5H11ClN2O/c1-8(2,3)7-5(9)4-6/h4H2,1-3H3. The molecule has 0 saturated heterocycles. The fourth-order valence-corrected chi connectivity index (χ4v) is 0.415. The largest absolute Gasteiger partial charge is 0.857 e. The highest BCUT2D eigenvalue weighted by Crippen LogP contribution is 1.90. The third-order valence-corrected chi connectivity index (χ3v) is 0.754. The second kappa shape index (κ2) is 3.03. The van der Waals surface area contributed by atoms with Crippen LogP contribution in [0, 0.1) is 0 Å². The predicted octanol–water partition coefficient (Wildman–Crippen LogP) is -0.395. The summed E-state index contributed by atoms with van der Waals surface area (Å²) in [6.45, 7) is 0. The highest BCUT2D eigenvalue weighted by atomic mass is 35.5. The van der Waals surface area contributed by atoms with Gasteiger partial charge in [-0.25, -0.2) is 4.59 Å². The molecule has 3 nitrogen and oxygen atoms in total. The Morgan fingerprint density at radius 2 is 2.00 bits per heavy atom. The molecule has 0 aromatic rings. The van der Waals surface area contributed by atoms with Gasteiger partial charge in [0.2, 0.25) is 0 Å². The summed E-state index contributed by atoms with van der Waals surface area (Å²) in [7, 11) is 5.39. The van der Waals surface area contributed by atoms with E-state index in [9.17, 15) is 5.11 Å². The van der Waals surface area contributed by atoms with Gasteiger partial charge < -0.3 is 5.11 Å². The van der Waals surface area contributed by atoms with E-state index in [1.807, 2.05) is 0 Å². The number of hydrogen-bond acceptors (Lipinski definition) is 2. The molecule has 0 aliphatic carbocycles. The molecule has 0 heterocycles. The van der Waals surface area contributed by atoms with Crippen molar-refractivity contribution in [3.8, 4) is 0 Å². The maximum absolute atomic E-state index is 10.5. The summed E-state index contributed by atoms with van der Waals surface area (Å²) in [4.78, 5) is 0. The molecule has 0 aliphatic rings. The number of quaternary nitrogens is 1. The molecular weight excluding hydrogens is 140 g/mol. The van der Waals surface area contributed by atoms with Gasteiger partial charge in [0, 0.05) is 5.90 Å². The third kappa shape index (κ3) is 5.59. The number of alkyl halides is 1. The van der Waals surface area contributed by atoms with Crippen molar-refractivity contribution in [1.29, 1.82) is 0 Å². The average molecular weight is 151 g/mol. The van der Waals surface area contributed by atoms with Crippen molar-refractivity contribution in [3.63, 3.8) is 0 Å². The maximum Gasteiger partial charge on any atom is 0.0923 e. The zero-order valence-electron chi connectivity index (χ0n) is 5.89. The van der Waals surface area contributed by atoms with Gasteiger partial charge in [0.1, 0.15) is 0 Å². The van der Waals surface area contributed by atoms with E-state index in [1.165, 1.54) is 0 Å². The van der Waals surface area contributed by atoms with Crippen LogP contribution in [0.5, 0.6) is 0 Å². The van der Waals surface area contributed by atoms with Crippen molar-refractivity contribution >= 4 is 17.5 Å². The minimum Gasteiger partial charge on any atom is -0.857 e. The van der Waals surface area contributed by atoms with Crippen molar-refractivity contribution in [2.24, 2.45) is 5.10 Å². The Bertz CT molecular complexity index is 117. The number of rotatable bonds is 2. The predicted molar refractivity (Wildman–Crippen MR) is 36.2 cm³/mol. The molecule has 4 heteroatoms. The smallest absolute Gasteiger partial charge is 0.0923 e. The van der Waals surface area contributed by atoms with E-state index < -0.39 is 0 Å². The number of halogens is 1. The Morgan fingerprint density at radius 3 is 2.11 bits per heavy atom. The number of hydrogen-bond donors (Lipinski definition) is 0. The normalized spacial score (nSPS) is 14.0. The summed E-state index contributed by atoms with van der Waals surface area (Å²) < 4.78 is 0.283. The van der Waals surface area contributed by atoms with Crippen LogP contribution in [0.2, 0.25) is 0 Å². The van der Waals surface area contributed by atoms with Crippen molar-refractivity contribution in [1.82, 2.24) is 0 Å². The molecule has 0 atom stereocenters. The molecule has 0 aromatic carbocycles. The van der Waals surface area contributed by atoms with Crippen molar-refractivity contribution in [2.45, 2.75) is 0 Å². The first kappa shape index (κ1) is 8.72. The molecule has 0 aromatic heterocycles. The Morgan fingerprint density at radius 1 is 1.56 bits per heavy atom. The van der Waals surface area contributed by atoms with Gasteiger partial charge in [-0.2, -0.15) is 0 Å². The first-order chi connectivity index (χ1) is 3.95. The molecule has 0 bridgehead atoms. The quantitative estimate of drug-likeness (QED) is 0.174. The van der Waals surface area contributed by atoms with Crippen molar-refractivity contribution in [3.05, 3.63) is 0 Å². The summed E-state index contributed by atoms with van der Waals surface area (Å²) in [6.07, 6.45) is 0. The Hall–Kier alpha value is -0.280. The van der Waals surface area contributed by atoms with Gasteiger partial charge in [-0.3, -0.25) is 0 Å². The Balaban J connectivity index is 3.95. The van der Waals surface area contributed by atoms with Crippen molar-refractivity contribution < 1.29 is 9.70 Å². The zero-order valence-corrected chi connectivity index (χ0v) is 6.64. The highest BCUT2D eigenvalue weighted by Gasteiger charge is 2.01. The lowest BCUT2D eigenvalue weighted by Crippen LogP contribution is -2.33. The lowest BCUT2D eigenvalue weighted by molar-refractivity contribution is -0.878. The molecule has 0 spiro atoms. The van der Waals surface area contributed by atoms with E-state index in [-0.39, 0.29) is 16.4 Å². The van der Waals surface area contributed by atoms with E-state index >= 15 is 0 Å². The first-order valence-electron chi connectivity index (χ1n) is 2.59. The molecule has 0 fully saturated rings. The molecular formula is C5H11ClN2O. The average Bonchev–Trinajstić information content (AvgIpc) is 1.62. The SMILES string of the molecule is C[N+](C)(C)/N=C(\[O-])CCl. The van der Waals surface area contributed by atoms with Crippen LogP contribution in [0.1, 0.15) is 0 Å². The summed E-state index contributed by atoms with van der Waals surface area (Å²) in [6, 6.07) is 0. The van der Waals surface area contributed by atoms with E-state index in [4.69, 9.17) is 11.6 Å². The van der Waals surface area contributed by atoms with Gasteiger partial charge in [0.05, 0.1) is 27.0 Å². The number of nitrogens with zero attached hydrogens (tertiary/aromatic N) is 2.